The predicted octanol–water partition coefficient (Wildman–Crippen LogP) is 2.02. The van der Waals surface area contributed by atoms with Gasteiger partial charge in [0.25, 0.3) is 0 Å². The highest BCUT2D eigenvalue weighted by Crippen LogP contribution is 2.07. The number of nitro groups is 1. The van der Waals surface area contributed by atoms with Gasteiger partial charge in [0.05, 0.1) is 5.56 Å². The van der Waals surface area contributed by atoms with Crippen molar-refractivity contribution in [3.63, 3.8) is 0 Å². The molecule has 0 spiro atoms. The molecule has 0 atom stereocenters. The number of esters is 1. The van der Waals surface area contributed by atoms with Crippen molar-refractivity contribution in [1.29, 1.82) is 0 Å². The van der Waals surface area contributed by atoms with Crippen LogP contribution in [0.15, 0.2) is 24.3 Å². The zero-order chi connectivity index (χ0) is 12.0. The number of carbonyl (C=O) groups excluding carboxylic acids is 1. The van der Waals surface area contributed by atoms with Crippen molar-refractivity contribution in [2.45, 2.75) is 6.54 Å². The molecule has 16 heavy (non-hydrogen) atoms. The number of hydrogen-bond acceptors (Lipinski definition) is 4. The molecule has 0 aliphatic carbocycles. The second-order valence-corrected chi connectivity index (χ2v) is 3.81. The van der Waals surface area contributed by atoms with Crippen molar-refractivity contribution in [3.05, 3.63) is 45.5 Å². The topological polar surface area (TPSA) is 69.4 Å². The van der Waals surface area contributed by atoms with E-state index in [9.17, 15) is 14.9 Å². The van der Waals surface area contributed by atoms with Gasteiger partial charge in [-0.1, -0.05) is 28.1 Å². The van der Waals surface area contributed by atoms with E-state index < -0.39 is 10.9 Å². The van der Waals surface area contributed by atoms with Crippen LogP contribution in [0.4, 0.5) is 0 Å². The first-order valence-electron chi connectivity index (χ1n) is 4.57. The molecule has 0 saturated carbocycles. The summed E-state index contributed by atoms with van der Waals surface area (Å²) in [6.07, 6.45) is 0. The Morgan fingerprint density at radius 1 is 1.38 bits per heavy atom. The van der Waals surface area contributed by atoms with Gasteiger partial charge in [0, 0.05) is 15.8 Å². The lowest BCUT2D eigenvalue weighted by Crippen LogP contribution is -2.07. The van der Waals surface area contributed by atoms with E-state index in [2.05, 4.69) is 15.9 Å². The molecule has 86 valence electrons. The van der Waals surface area contributed by atoms with Crippen LogP contribution >= 0.6 is 15.9 Å². The number of nitrogens with zero attached hydrogens (tertiary/aromatic N) is 1. The van der Waals surface area contributed by atoms with Crippen LogP contribution in [0, 0.1) is 10.1 Å². The van der Waals surface area contributed by atoms with Gasteiger partial charge in [-0.05, 0) is 12.1 Å². The maximum Gasteiger partial charge on any atom is 0.338 e. The summed E-state index contributed by atoms with van der Waals surface area (Å²) in [6, 6.07) is 6.14. The van der Waals surface area contributed by atoms with Gasteiger partial charge in [-0.25, -0.2) is 4.79 Å². The Balaban J connectivity index is 2.63. The Bertz CT molecular complexity index is 377. The molecule has 0 aliphatic rings. The second kappa shape index (κ2) is 6.22. The van der Waals surface area contributed by atoms with E-state index >= 15 is 0 Å². The minimum Gasteiger partial charge on any atom is -0.461 e. The zero-order valence-corrected chi connectivity index (χ0v) is 9.97. The van der Waals surface area contributed by atoms with Gasteiger partial charge in [0.1, 0.15) is 6.61 Å². The van der Waals surface area contributed by atoms with E-state index in [1.54, 1.807) is 12.1 Å². The van der Waals surface area contributed by atoms with Crippen molar-refractivity contribution in [2.75, 3.05) is 11.9 Å². The molecule has 0 amide bonds. The van der Waals surface area contributed by atoms with Crippen LogP contribution in [0.1, 0.15) is 15.9 Å². The Labute approximate surface area is 101 Å². The Kier molecular flexibility index (Phi) is 4.91. The fraction of sp³-hybridized carbons (Fsp3) is 0.300. The van der Waals surface area contributed by atoms with Gasteiger partial charge in [-0.15, -0.1) is 0 Å². The van der Waals surface area contributed by atoms with Gasteiger partial charge in [-0.3, -0.25) is 10.1 Å². The van der Waals surface area contributed by atoms with Crippen molar-refractivity contribution in [3.8, 4) is 0 Å². The van der Waals surface area contributed by atoms with Crippen LogP contribution in [0.5, 0.6) is 0 Å². The first kappa shape index (κ1) is 12.6. The number of hydrogen-bond donors (Lipinski definition) is 0. The maximum absolute atomic E-state index is 11.4. The Morgan fingerprint density at radius 2 is 2.00 bits per heavy atom. The monoisotopic (exact) mass is 287 g/mol. The molecule has 0 unspecified atom stereocenters. The molecule has 6 heteroatoms. The van der Waals surface area contributed by atoms with Gasteiger partial charge < -0.3 is 4.74 Å². The molecule has 0 heterocycles. The zero-order valence-electron chi connectivity index (χ0n) is 8.39. The molecule has 5 nitrogen and oxygen atoms in total. The van der Waals surface area contributed by atoms with E-state index in [-0.39, 0.29) is 6.54 Å². The van der Waals surface area contributed by atoms with Crippen molar-refractivity contribution in [2.24, 2.45) is 0 Å². The van der Waals surface area contributed by atoms with Crippen molar-refractivity contribution >= 4 is 21.9 Å². The molecule has 0 saturated heterocycles. The van der Waals surface area contributed by atoms with Crippen LogP contribution in [0.2, 0.25) is 0 Å². The van der Waals surface area contributed by atoms with Gasteiger partial charge >= 0.3 is 5.97 Å². The molecule has 1 rings (SSSR count). The summed E-state index contributed by atoms with van der Waals surface area (Å²) in [5.41, 5.74) is 0.954. The summed E-state index contributed by atoms with van der Waals surface area (Å²) in [6.45, 7) is 0.0617. The summed E-state index contributed by atoms with van der Waals surface area (Å²) in [5, 5.41) is 10.8. The summed E-state index contributed by atoms with van der Waals surface area (Å²) < 4.78 is 4.88. The lowest BCUT2D eigenvalue weighted by molar-refractivity contribution is -0.496. The Morgan fingerprint density at radius 3 is 2.50 bits per heavy atom. The fourth-order valence-electron chi connectivity index (χ4n) is 1.11. The fourth-order valence-corrected chi connectivity index (χ4v) is 1.27. The van der Waals surface area contributed by atoms with Crippen LogP contribution in [0.25, 0.3) is 0 Å². The summed E-state index contributed by atoms with van der Waals surface area (Å²) in [4.78, 5) is 21.2. The highest BCUT2D eigenvalue weighted by atomic mass is 79.9. The summed E-state index contributed by atoms with van der Waals surface area (Å²) in [7, 11) is 0. The number of benzene rings is 1. The Hall–Kier alpha value is -1.43. The SMILES string of the molecule is O=C(OCCBr)c1ccc(C[N+](=O)[O-])cc1. The molecule has 0 radical (unpaired) electrons. The lowest BCUT2D eigenvalue weighted by atomic mass is 10.1. The standard InChI is InChI=1S/C10H10BrNO4/c11-5-6-16-10(13)9-3-1-8(2-4-9)7-12(14)15/h1-4H,5-7H2. The molecule has 0 aliphatic heterocycles. The van der Waals surface area contributed by atoms with E-state index in [4.69, 9.17) is 4.74 Å². The first-order valence-corrected chi connectivity index (χ1v) is 5.69. The van der Waals surface area contributed by atoms with Crippen molar-refractivity contribution < 1.29 is 14.5 Å². The van der Waals surface area contributed by atoms with Crippen LogP contribution in [-0.4, -0.2) is 22.8 Å². The maximum atomic E-state index is 11.4. The molecular formula is C10H10BrNO4. The minimum absolute atomic E-state index is 0.239. The largest absolute Gasteiger partial charge is 0.461 e. The average molecular weight is 288 g/mol. The molecular weight excluding hydrogens is 278 g/mol. The van der Waals surface area contributed by atoms with E-state index in [1.807, 2.05) is 0 Å². The van der Waals surface area contributed by atoms with E-state index in [1.165, 1.54) is 12.1 Å². The highest BCUT2D eigenvalue weighted by Gasteiger charge is 2.07. The van der Waals surface area contributed by atoms with E-state index in [0.717, 1.165) is 0 Å². The molecule has 0 bridgehead atoms. The smallest absolute Gasteiger partial charge is 0.338 e. The highest BCUT2D eigenvalue weighted by molar-refractivity contribution is 9.09. The molecule has 1 aromatic rings. The number of ether oxygens (including phenoxy) is 1. The molecule has 1 aromatic carbocycles. The second-order valence-electron chi connectivity index (χ2n) is 3.01. The third kappa shape index (κ3) is 3.98. The molecule has 0 fully saturated rings. The molecule has 0 N–H and O–H groups in total. The van der Waals surface area contributed by atoms with Gasteiger partial charge in [0.2, 0.25) is 6.54 Å². The molecule has 0 aromatic heterocycles. The van der Waals surface area contributed by atoms with Crippen LogP contribution in [0.3, 0.4) is 0 Å². The summed E-state index contributed by atoms with van der Waals surface area (Å²) >= 11 is 3.14. The normalized spacial score (nSPS) is 9.81. The number of alkyl halides is 1. The minimum atomic E-state index is -0.424. The summed E-state index contributed by atoms with van der Waals surface area (Å²) in [5.74, 6) is -0.424. The quantitative estimate of drug-likeness (QED) is 0.360. The third-order valence-corrected chi connectivity index (χ3v) is 2.14. The predicted molar refractivity (Wildman–Crippen MR) is 61.2 cm³/mol. The van der Waals surface area contributed by atoms with Crippen LogP contribution < -0.4 is 0 Å². The van der Waals surface area contributed by atoms with Crippen molar-refractivity contribution in [1.82, 2.24) is 0 Å². The lowest BCUT2D eigenvalue weighted by Gasteiger charge is -2.02. The number of rotatable bonds is 5. The average Bonchev–Trinajstić information content (AvgIpc) is 2.26. The van der Waals surface area contributed by atoms with Crippen LogP contribution in [-0.2, 0) is 11.3 Å². The first-order chi connectivity index (χ1) is 7.63. The van der Waals surface area contributed by atoms with E-state index in [0.29, 0.717) is 23.1 Å². The third-order valence-electron chi connectivity index (χ3n) is 1.81. The van der Waals surface area contributed by atoms with Gasteiger partial charge in [0.15, 0.2) is 0 Å². The van der Waals surface area contributed by atoms with Gasteiger partial charge in [-0.2, -0.15) is 0 Å². The number of carbonyl (C=O) groups is 1. The number of halogens is 1.